The molecule has 0 saturated heterocycles. The quantitative estimate of drug-likeness (QED) is 0.543. The molecule has 2 aliphatic carbocycles. The maximum atomic E-state index is 2.31. The molecule has 0 amide bonds. The number of hydrogen-bond acceptors (Lipinski definition) is 0. The molecule has 2 atom stereocenters. The summed E-state index contributed by atoms with van der Waals surface area (Å²) < 4.78 is 0. The van der Waals surface area contributed by atoms with Gasteiger partial charge in [-0.05, 0) is 50.4 Å². The van der Waals surface area contributed by atoms with Gasteiger partial charge in [0, 0.05) is 0 Å². The van der Waals surface area contributed by atoms with Crippen LogP contribution in [0.4, 0.5) is 0 Å². The number of hydrogen-bond donors (Lipinski definition) is 0. The van der Waals surface area contributed by atoms with Gasteiger partial charge in [-0.2, -0.15) is 0 Å². The Morgan fingerprint density at radius 1 is 1.08 bits per heavy atom. The molecule has 0 bridgehead atoms. The van der Waals surface area contributed by atoms with Gasteiger partial charge in [0.15, 0.2) is 0 Å². The van der Waals surface area contributed by atoms with Crippen LogP contribution in [0.1, 0.15) is 52.4 Å². The minimum absolute atomic E-state index is 1.10. The van der Waals surface area contributed by atoms with E-state index in [4.69, 9.17) is 0 Å². The van der Waals surface area contributed by atoms with Crippen LogP contribution in [0.15, 0.2) is 11.1 Å². The minimum atomic E-state index is 1.10. The van der Waals surface area contributed by atoms with Crippen molar-refractivity contribution in [3.63, 3.8) is 0 Å². The first-order chi connectivity index (χ1) is 5.85. The average Bonchev–Trinajstić information content (AvgIpc) is 2.33. The van der Waals surface area contributed by atoms with Crippen molar-refractivity contribution < 1.29 is 0 Å². The van der Waals surface area contributed by atoms with E-state index >= 15 is 0 Å². The zero-order valence-electron chi connectivity index (χ0n) is 8.40. The van der Waals surface area contributed by atoms with Gasteiger partial charge in [-0.15, -0.1) is 0 Å². The van der Waals surface area contributed by atoms with Gasteiger partial charge in [0.1, 0.15) is 0 Å². The van der Waals surface area contributed by atoms with Gasteiger partial charge in [-0.3, -0.25) is 0 Å². The SMILES string of the molecule is CCC(CC)=C1CC2CCC2C1. The highest BCUT2D eigenvalue weighted by molar-refractivity contribution is 5.21. The Kier molecular flexibility index (Phi) is 2.25. The Hall–Kier alpha value is -0.260. The average molecular weight is 164 g/mol. The van der Waals surface area contributed by atoms with E-state index in [1.165, 1.54) is 38.5 Å². The smallest absolute Gasteiger partial charge is 0.0286 e. The predicted molar refractivity (Wildman–Crippen MR) is 53.1 cm³/mol. The molecule has 2 unspecified atom stereocenters. The number of fused-ring (bicyclic) bond motifs is 1. The zero-order valence-corrected chi connectivity index (χ0v) is 8.40. The van der Waals surface area contributed by atoms with Crippen LogP contribution in [0.25, 0.3) is 0 Å². The van der Waals surface area contributed by atoms with E-state index < -0.39 is 0 Å². The van der Waals surface area contributed by atoms with Crippen LogP contribution in [0.2, 0.25) is 0 Å². The summed E-state index contributed by atoms with van der Waals surface area (Å²) in [5.41, 5.74) is 3.61. The highest BCUT2D eigenvalue weighted by Crippen LogP contribution is 2.50. The van der Waals surface area contributed by atoms with Crippen molar-refractivity contribution >= 4 is 0 Å². The number of rotatable bonds is 2. The third kappa shape index (κ3) is 1.22. The summed E-state index contributed by atoms with van der Waals surface area (Å²) in [7, 11) is 0. The lowest BCUT2D eigenvalue weighted by Crippen LogP contribution is -2.18. The molecule has 68 valence electrons. The lowest BCUT2D eigenvalue weighted by molar-refractivity contribution is 0.219. The van der Waals surface area contributed by atoms with Crippen molar-refractivity contribution in [1.82, 2.24) is 0 Å². The topological polar surface area (TPSA) is 0 Å². The molecule has 0 N–H and O–H groups in total. The largest absolute Gasteiger partial charge is 0.0715 e. The second kappa shape index (κ2) is 3.24. The molecule has 0 aromatic heterocycles. The molecule has 0 nitrogen and oxygen atoms in total. The van der Waals surface area contributed by atoms with Crippen LogP contribution in [0.3, 0.4) is 0 Å². The normalized spacial score (nSPS) is 33.0. The Morgan fingerprint density at radius 3 is 1.92 bits per heavy atom. The van der Waals surface area contributed by atoms with E-state index in [9.17, 15) is 0 Å². The van der Waals surface area contributed by atoms with Crippen LogP contribution in [0.5, 0.6) is 0 Å². The van der Waals surface area contributed by atoms with Crippen molar-refractivity contribution in [3.8, 4) is 0 Å². The van der Waals surface area contributed by atoms with Crippen molar-refractivity contribution in [2.75, 3.05) is 0 Å². The number of allylic oxidation sites excluding steroid dienone is 2. The van der Waals surface area contributed by atoms with E-state index in [2.05, 4.69) is 13.8 Å². The highest BCUT2D eigenvalue weighted by atomic mass is 14.4. The molecule has 0 aromatic carbocycles. The predicted octanol–water partition coefficient (Wildman–Crippen LogP) is 3.92. The van der Waals surface area contributed by atoms with Crippen molar-refractivity contribution in [2.45, 2.75) is 52.4 Å². The van der Waals surface area contributed by atoms with Gasteiger partial charge >= 0.3 is 0 Å². The summed E-state index contributed by atoms with van der Waals surface area (Å²) in [5, 5.41) is 0. The Bertz CT molecular complexity index is 180. The fraction of sp³-hybridized carbons (Fsp3) is 0.833. The summed E-state index contributed by atoms with van der Waals surface area (Å²) in [6.45, 7) is 4.62. The molecule has 2 aliphatic rings. The fourth-order valence-corrected chi connectivity index (χ4v) is 2.93. The zero-order chi connectivity index (χ0) is 8.55. The fourth-order valence-electron chi connectivity index (χ4n) is 2.93. The Balaban J connectivity index is 2.08. The molecule has 2 fully saturated rings. The van der Waals surface area contributed by atoms with Gasteiger partial charge in [-0.25, -0.2) is 0 Å². The molecular weight excluding hydrogens is 144 g/mol. The van der Waals surface area contributed by atoms with Crippen molar-refractivity contribution in [2.24, 2.45) is 11.8 Å². The van der Waals surface area contributed by atoms with Crippen molar-refractivity contribution in [3.05, 3.63) is 11.1 Å². The van der Waals surface area contributed by atoms with E-state index in [1.54, 1.807) is 5.57 Å². The molecule has 0 heterocycles. The first-order valence-corrected chi connectivity index (χ1v) is 5.54. The monoisotopic (exact) mass is 164 g/mol. The second-order valence-electron chi connectivity index (χ2n) is 4.42. The van der Waals surface area contributed by atoms with Crippen molar-refractivity contribution in [1.29, 1.82) is 0 Å². The van der Waals surface area contributed by atoms with Gasteiger partial charge in [0.25, 0.3) is 0 Å². The Labute approximate surface area is 76.1 Å². The first kappa shape index (κ1) is 8.34. The summed E-state index contributed by atoms with van der Waals surface area (Å²) in [6, 6.07) is 0. The van der Waals surface area contributed by atoms with Gasteiger partial charge in [0.2, 0.25) is 0 Å². The maximum absolute atomic E-state index is 2.31. The third-order valence-corrected chi connectivity index (χ3v) is 3.95. The lowest BCUT2D eigenvalue weighted by atomic mass is 9.77. The Morgan fingerprint density at radius 2 is 1.58 bits per heavy atom. The van der Waals surface area contributed by atoms with Crippen LogP contribution in [-0.2, 0) is 0 Å². The van der Waals surface area contributed by atoms with Crippen LogP contribution in [-0.4, -0.2) is 0 Å². The molecule has 0 radical (unpaired) electrons. The molecule has 0 aromatic rings. The summed E-state index contributed by atoms with van der Waals surface area (Å²) in [6.07, 6.45) is 8.56. The van der Waals surface area contributed by atoms with E-state index in [1.807, 2.05) is 5.57 Å². The third-order valence-electron chi connectivity index (χ3n) is 3.95. The highest BCUT2D eigenvalue weighted by Gasteiger charge is 2.37. The molecule has 0 spiro atoms. The molecule has 0 aliphatic heterocycles. The van der Waals surface area contributed by atoms with E-state index in [-0.39, 0.29) is 0 Å². The van der Waals surface area contributed by atoms with Gasteiger partial charge in [0.05, 0.1) is 0 Å². The van der Waals surface area contributed by atoms with Crippen LogP contribution in [0, 0.1) is 11.8 Å². The van der Waals surface area contributed by atoms with Gasteiger partial charge in [-0.1, -0.05) is 25.0 Å². The first-order valence-electron chi connectivity index (χ1n) is 5.54. The molecule has 2 saturated carbocycles. The van der Waals surface area contributed by atoms with Crippen LogP contribution < -0.4 is 0 Å². The maximum Gasteiger partial charge on any atom is -0.0286 e. The summed E-state index contributed by atoms with van der Waals surface area (Å²) in [4.78, 5) is 0. The lowest BCUT2D eigenvalue weighted by Gasteiger charge is -2.28. The second-order valence-corrected chi connectivity index (χ2v) is 4.42. The molecule has 0 heteroatoms. The van der Waals surface area contributed by atoms with Gasteiger partial charge < -0.3 is 0 Å². The molecule has 2 rings (SSSR count). The standard InChI is InChI=1S/C12H20/c1-3-9(4-2)12-7-10-5-6-11(10)8-12/h10-11H,3-8H2,1-2H3. The summed E-state index contributed by atoms with van der Waals surface area (Å²) in [5.74, 6) is 2.21. The molecule has 12 heavy (non-hydrogen) atoms. The van der Waals surface area contributed by atoms with E-state index in [0.717, 1.165) is 11.8 Å². The summed E-state index contributed by atoms with van der Waals surface area (Å²) >= 11 is 0. The molecular formula is C12H20. The van der Waals surface area contributed by atoms with Crippen LogP contribution >= 0.6 is 0 Å². The van der Waals surface area contributed by atoms with E-state index in [0.29, 0.717) is 0 Å². The minimum Gasteiger partial charge on any atom is -0.0715 e.